The molecule has 0 aromatic carbocycles. The molecule has 0 unspecified atom stereocenters. The predicted octanol–water partition coefficient (Wildman–Crippen LogP) is 2.14. The molecule has 140 valence electrons. The molecule has 26 heavy (non-hydrogen) atoms. The van der Waals surface area contributed by atoms with Crippen LogP contribution in [0.25, 0.3) is 0 Å². The summed E-state index contributed by atoms with van der Waals surface area (Å²) in [6.07, 6.45) is 16.0. The molecular weight excluding hydrogens is 328 g/mol. The van der Waals surface area contributed by atoms with E-state index in [4.69, 9.17) is 0 Å². The summed E-state index contributed by atoms with van der Waals surface area (Å²) in [5.41, 5.74) is 4.62. The van der Waals surface area contributed by atoms with Gasteiger partial charge in [0, 0.05) is 38.3 Å². The number of piperazine rings is 1. The number of carbonyl (C=O) groups excluding carboxylic acids is 1. The summed E-state index contributed by atoms with van der Waals surface area (Å²) in [5, 5.41) is 13.7. The second kappa shape index (κ2) is 9.50. The Morgan fingerprint density at radius 1 is 1.08 bits per heavy atom. The number of nitrogens with one attached hydrogen (secondary N) is 1. The Bertz CT molecular complexity index is 653. The quantitative estimate of drug-likeness (QED) is 0.565. The van der Waals surface area contributed by atoms with Gasteiger partial charge in [0.1, 0.15) is 5.76 Å². The third kappa shape index (κ3) is 5.68. The predicted molar refractivity (Wildman–Crippen MR) is 104 cm³/mol. The monoisotopic (exact) mass is 356 g/mol. The van der Waals surface area contributed by atoms with E-state index in [9.17, 15) is 9.90 Å². The first kappa shape index (κ1) is 18.6. The Balaban J connectivity index is 1.35. The Labute approximate surface area is 155 Å². The largest absolute Gasteiger partial charge is 0.508 e. The van der Waals surface area contributed by atoms with Crippen LogP contribution in [-0.4, -0.2) is 66.3 Å². The van der Waals surface area contributed by atoms with Gasteiger partial charge in [-0.3, -0.25) is 14.6 Å². The van der Waals surface area contributed by atoms with Crippen molar-refractivity contribution in [3.63, 3.8) is 0 Å². The molecule has 1 heterocycles. The lowest BCUT2D eigenvalue weighted by molar-refractivity contribution is -0.122. The normalized spacial score (nSPS) is 22.1. The van der Waals surface area contributed by atoms with Crippen LogP contribution in [0.15, 0.2) is 52.4 Å². The highest BCUT2D eigenvalue weighted by Crippen LogP contribution is 2.14. The zero-order chi connectivity index (χ0) is 18.2. The molecule has 2 N–H and O–H groups in total. The van der Waals surface area contributed by atoms with Crippen molar-refractivity contribution in [1.29, 1.82) is 0 Å². The number of hydrazone groups is 1. The van der Waals surface area contributed by atoms with Crippen LogP contribution >= 0.6 is 0 Å². The van der Waals surface area contributed by atoms with Crippen LogP contribution in [0, 0.1) is 0 Å². The van der Waals surface area contributed by atoms with Gasteiger partial charge in [-0.15, -0.1) is 0 Å². The van der Waals surface area contributed by atoms with E-state index in [1.807, 2.05) is 6.08 Å². The van der Waals surface area contributed by atoms with Crippen LogP contribution < -0.4 is 5.43 Å². The number of rotatable bonds is 6. The highest BCUT2D eigenvalue weighted by Gasteiger charge is 2.19. The van der Waals surface area contributed by atoms with E-state index >= 15 is 0 Å². The van der Waals surface area contributed by atoms with Crippen LogP contribution in [0.2, 0.25) is 0 Å². The summed E-state index contributed by atoms with van der Waals surface area (Å²) < 4.78 is 0. The minimum atomic E-state index is -0.118. The van der Waals surface area contributed by atoms with Crippen LogP contribution in [0.5, 0.6) is 0 Å². The lowest BCUT2D eigenvalue weighted by atomic mass is 10.1. The van der Waals surface area contributed by atoms with Gasteiger partial charge >= 0.3 is 0 Å². The van der Waals surface area contributed by atoms with E-state index in [2.05, 4.69) is 38.6 Å². The number of nitrogens with zero attached hydrogens (tertiary/aromatic N) is 3. The summed E-state index contributed by atoms with van der Waals surface area (Å²) in [6.45, 7) is 5.10. The number of amides is 1. The molecule has 2 aliphatic carbocycles. The summed E-state index contributed by atoms with van der Waals surface area (Å²) in [7, 11) is 0. The second-order valence-electron chi connectivity index (χ2n) is 6.93. The van der Waals surface area contributed by atoms with E-state index < -0.39 is 0 Å². The molecule has 3 aliphatic rings. The lowest BCUT2D eigenvalue weighted by Gasteiger charge is -2.34. The Kier molecular flexibility index (Phi) is 6.80. The van der Waals surface area contributed by atoms with Crippen molar-refractivity contribution in [2.75, 3.05) is 39.3 Å². The fourth-order valence-electron chi connectivity index (χ4n) is 3.36. The molecule has 0 spiro atoms. The molecule has 0 radical (unpaired) electrons. The van der Waals surface area contributed by atoms with E-state index in [1.54, 1.807) is 6.08 Å². The first-order chi connectivity index (χ1) is 12.7. The van der Waals surface area contributed by atoms with Crippen molar-refractivity contribution in [3.05, 3.63) is 47.3 Å². The molecule has 0 bridgehead atoms. The molecule has 0 saturated carbocycles. The molecule has 6 heteroatoms. The van der Waals surface area contributed by atoms with Gasteiger partial charge in [-0.1, -0.05) is 24.3 Å². The molecule has 6 nitrogen and oxygen atoms in total. The average Bonchev–Trinajstić information content (AvgIpc) is 2.66. The second-order valence-corrected chi connectivity index (χ2v) is 6.93. The number of allylic oxidation sites excluding steroid dienone is 5. The van der Waals surface area contributed by atoms with Gasteiger partial charge in [0.2, 0.25) is 0 Å². The number of aliphatic hydroxyl groups excluding tert-OH is 1. The molecule has 1 aliphatic heterocycles. The maximum atomic E-state index is 12.0. The Hall–Kier alpha value is -2.18. The number of hydrogen-bond donors (Lipinski definition) is 2. The smallest absolute Gasteiger partial charge is 0.254 e. The fourth-order valence-corrected chi connectivity index (χ4v) is 3.36. The fraction of sp³-hybridized carbons (Fsp3) is 0.500. The minimum Gasteiger partial charge on any atom is -0.508 e. The standard InChI is InChI=1S/C20H28N4O2/c25-19-9-5-4-8-18(19)14-21-22-20(26)16-24-12-10-23(11-13-24)15-17-6-2-1-3-7-17/h2,6-9,14,25H,1,3-5,10-13,15-16H2,(H,22,26)/b21-14+. The van der Waals surface area contributed by atoms with Gasteiger partial charge < -0.3 is 5.11 Å². The third-order valence-electron chi connectivity index (χ3n) is 4.87. The van der Waals surface area contributed by atoms with Crippen LogP contribution in [-0.2, 0) is 4.79 Å². The molecule has 0 aromatic heterocycles. The molecule has 3 rings (SSSR count). The summed E-state index contributed by atoms with van der Waals surface area (Å²) in [6, 6.07) is 0. The summed E-state index contributed by atoms with van der Waals surface area (Å²) in [5.74, 6) is 0.112. The molecule has 1 saturated heterocycles. The van der Waals surface area contributed by atoms with Gasteiger partial charge in [-0.25, -0.2) is 5.43 Å². The van der Waals surface area contributed by atoms with Crippen molar-refractivity contribution in [2.24, 2.45) is 5.10 Å². The van der Waals surface area contributed by atoms with Crippen molar-refractivity contribution < 1.29 is 9.90 Å². The van der Waals surface area contributed by atoms with Gasteiger partial charge in [-0.05, 0) is 37.3 Å². The zero-order valence-electron chi connectivity index (χ0n) is 15.2. The van der Waals surface area contributed by atoms with E-state index in [-0.39, 0.29) is 11.7 Å². The van der Waals surface area contributed by atoms with Gasteiger partial charge in [0.15, 0.2) is 0 Å². The molecular formula is C20H28N4O2. The van der Waals surface area contributed by atoms with Gasteiger partial charge in [0.05, 0.1) is 12.8 Å². The highest BCUT2D eigenvalue weighted by molar-refractivity contribution is 5.85. The summed E-state index contributed by atoms with van der Waals surface area (Å²) in [4.78, 5) is 16.6. The van der Waals surface area contributed by atoms with E-state index in [0.29, 0.717) is 12.1 Å². The SMILES string of the molecule is O=C(CN1CCN(CC2=CCCC=C2)CC1)N/N=C/C1=CCCC=C1O. The third-order valence-corrected chi connectivity index (χ3v) is 4.87. The summed E-state index contributed by atoms with van der Waals surface area (Å²) >= 11 is 0. The average molecular weight is 356 g/mol. The molecule has 1 fully saturated rings. The van der Waals surface area contributed by atoms with Crippen LogP contribution in [0.4, 0.5) is 0 Å². The first-order valence-corrected chi connectivity index (χ1v) is 9.42. The number of carbonyl (C=O) groups is 1. The van der Waals surface area contributed by atoms with Gasteiger partial charge in [0.25, 0.3) is 5.91 Å². The molecule has 0 aromatic rings. The number of hydrogen-bond acceptors (Lipinski definition) is 5. The van der Waals surface area contributed by atoms with Crippen molar-refractivity contribution >= 4 is 12.1 Å². The highest BCUT2D eigenvalue weighted by atomic mass is 16.3. The maximum absolute atomic E-state index is 12.0. The molecule has 0 atom stereocenters. The molecule has 1 amide bonds. The van der Waals surface area contributed by atoms with Crippen LogP contribution in [0.3, 0.4) is 0 Å². The van der Waals surface area contributed by atoms with E-state index in [0.717, 1.165) is 58.4 Å². The topological polar surface area (TPSA) is 68.2 Å². The van der Waals surface area contributed by atoms with Crippen molar-refractivity contribution in [2.45, 2.75) is 25.7 Å². The van der Waals surface area contributed by atoms with Crippen molar-refractivity contribution in [1.82, 2.24) is 15.2 Å². The minimum absolute atomic E-state index is 0.118. The lowest BCUT2D eigenvalue weighted by Crippen LogP contribution is -2.49. The van der Waals surface area contributed by atoms with Gasteiger partial charge in [-0.2, -0.15) is 5.10 Å². The number of aliphatic hydroxyl groups is 1. The maximum Gasteiger partial charge on any atom is 0.254 e. The van der Waals surface area contributed by atoms with E-state index in [1.165, 1.54) is 11.8 Å². The van der Waals surface area contributed by atoms with Crippen LogP contribution in [0.1, 0.15) is 25.7 Å². The first-order valence-electron chi connectivity index (χ1n) is 9.42. The Morgan fingerprint density at radius 2 is 1.81 bits per heavy atom. The Morgan fingerprint density at radius 3 is 2.54 bits per heavy atom. The zero-order valence-corrected chi connectivity index (χ0v) is 15.2. The van der Waals surface area contributed by atoms with Crippen molar-refractivity contribution in [3.8, 4) is 0 Å².